The highest BCUT2D eigenvalue weighted by molar-refractivity contribution is 5.96. The average Bonchev–Trinajstić information content (AvgIpc) is 2.29. The van der Waals surface area contributed by atoms with Crippen molar-refractivity contribution in [2.75, 3.05) is 4.90 Å². The average molecular weight is 232 g/mol. The number of carbonyl (C=O) groups excluding carboxylic acids is 1. The molecule has 1 aromatic carbocycles. The molecule has 1 aromatic rings. The van der Waals surface area contributed by atoms with Crippen LogP contribution >= 0.6 is 0 Å². The van der Waals surface area contributed by atoms with Gasteiger partial charge in [0.25, 0.3) is 5.69 Å². The van der Waals surface area contributed by atoms with Crippen molar-refractivity contribution in [2.45, 2.75) is 19.8 Å². The molecule has 0 unspecified atom stereocenters. The zero-order valence-corrected chi connectivity index (χ0v) is 9.42. The third kappa shape index (κ3) is 2.18. The Bertz CT molecular complexity index is 508. The Kier molecular flexibility index (Phi) is 2.91. The second-order valence-corrected chi connectivity index (χ2v) is 3.92. The molecule has 0 N–H and O–H groups in total. The molecule has 0 bridgehead atoms. The predicted molar refractivity (Wildman–Crippen MR) is 63.7 cm³/mol. The van der Waals surface area contributed by atoms with Gasteiger partial charge in [0.2, 0.25) is 5.91 Å². The third-order valence-electron chi connectivity index (χ3n) is 2.70. The number of nitrogens with zero attached hydrogens (tertiary/aromatic N) is 2. The summed E-state index contributed by atoms with van der Waals surface area (Å²) in [7, 11) is 0. The van der Waals surface area contributed by atoms with E-state index < -0.39 is 4.92 Å². The summed E-state index contributed by atoms with van der Waals surface area (Å²) in [5.74, 6) is 0.0146. The van der Waals surface area contributed by atoms with Crippen LogP contribution in [0, 0.1) is 17.0 Å². The highest BCUT2D eigenvalue weighted by atomic mass is 16.6. The van der Waals surface area contributed by atoms with Crippen LogP contribution in [0.4, 0.5) is 11.4 Å². The Labute approximate surface area is 98.5 Å². The molecule has 1 aliphatic rings. The van der Waals surface area contributed by atoms with Gasteiger partial charge in [-0.3, -0.25) is 19.8 Å². The number of benzene rings is 1. The van der Waals surface area contributed by atoms with Crippen LogP contribution in [0.5, 0.6) is 0 Å². The van der Waals surface area contributed by atoms with Crippen molar-refractivity contribution >= 4 is 17.3 Å². The monoisotopic (exact) mass is 232 g/mol. The number of hydrogen-bond acceptors (Lipinski definition) is 3. The van der Waals surface area contributed by atoms with Gasteiger partial charge in [-0.25, -0.2) is 0 Å². The van der Waals surface area contributed by atoms with Crippen LogP contribution in [0.2, 0.25) is 0 Å². The summed E-state index contributed by atoms with van der Waals surface area (Å²) in [6, 6.07) is 4.69. The topological polar surface area (TPSA) is 63.5 Å². The fraction of sp³-hybridized carbons (Fsp3) is 0.250. The molecule has 0 fully saturated rings. The number of nitro groups is 1. The molecule has 0 saturated carbocycles. The zero-order chi connectivity index (χ0) is 12.4. The van der Waals surface area contributed by atoms with Crippen molar-refractivity contribution in [1.29, 1.82) is 0 Å². The standard InChI is InChI=1S/C12H12N2O3/c1-9-8-10(5-6-11(9)14(16)17)13-7-3-2-4-12(13)15/h3,5-8H,2,4H2,1H3. The second-order valence-electron chi connectivity index (χ2n) is 3.92. The van der Waals surface area contributed by atoms with Crippen molar-refractivity contribution in [3.8, 4) is 0 Å². The maximum Gasteiger partial charge on any atom is 0.272 e. The summed E-state index contributed by atoms with van der Waals surface area (Å²) in [6.07, 6.45) is 4.86. The molecule has 5 nitrogen and oxygen atoms in total. The van der Waals surface area contributed by atoms with E-state index in [1.54, 1.807) is 25.3 Å². The quantitative estimate of drug-likeness (QED) is 0.581. The van der Waals surface area contributed by atoms with Crippen molar-refractivity contribution in [2.24, 2.45) is 0 Å². The Hall–Kier alpha value is -2.17. The first kappa shape index (κ1) is 11.3. The highest BCUT2D eigenvalue weighted by Gasteiger charge is 2.18. The van der Waals surface area contributed by atoms with Crippen LogP contribution in [0.25, 0.3) is 0 Å². The third-order valence-corrected chi connectivity index (χ3v) is 2.70. The van der Waals surface area contributed by atoms with Gasteiger partial charge in [-0.05, 0) is 25.5 Å². The molecule has 1 amide bonds. The smallest absolute Gasteiger partial charge is 0.272 e. The summed E-state index contributed by atoms with van der Waals surface area (Å²) in [6.45, 7) is 1.67. The van der Waals surface area contributed by atoms with Crippen molar-refractivity contribution in [3.05, 3.63) is 46.2 Å². The number of allylic oxidation sites excluding steroid dienone is 1. The second kappa shape index (κ2) is 4.37. The molecule has 1 heterocycles. The number of carbonyl (C=O) groups is 1. The van der Waals surface area contributed by atoms with E-state index in [4.69, 9.17) is 0 Å². The Morgan fingerprint density at radius 1 is 1.41 bits per heavy atom. The van der Waals surface area contributed by atoms with Crippen LogP contribution in [0.15, 0.2) is 30.5 Å². The molecule has 5 heteroatoms. The van der Waals surface area contributed by atoms with Gasteiger partial charge in [0.15, 0.2) is 0 Å². The number of rotatable bonds is 2. The predicted octanol–water partition coefficient (Wildman–Crippen LogP) is 2.54. The van der Waals surface area contributed by atoms with Crippen molar-refractivity contribution in [3.63, 3.8) is 0 Å². The van der Waals surface area contributed by atoms with Gasteiger partial charge in [0, 0.05) is 29.9 Å². The number of amides is 1. The van der Waals surface area contributed by atoms with E-state index in [2.05, 4.69) is 0 Å². The van der Waals surface area contributed by atoms with E-state index in [9.17, 15) is 14.9 Å². The molecule has 0 aromatic heterocycles. The maximum atomic E-state index is 11.7. The lowest BCUT2D eigenvalue weighted by molar-refractivity contribution is -0.385. The minimum absolute atomic E-state index is 0.0146. The van der Waals surface area contributed by atoms with E-state index >= 15 is 0 Å². The number of aryl methyl sites for hydroxylation is 1. The zero-order valence-electron chi connectivity index (χ0n) is 9.42. The summed E-state index contributed by atoms with van der Waals surface area (Å²) in [5, 5.41) is 10.7. The van der Waals surface area contributed by atoms with Gasteiger partial charge < -0.3 is 0 Å². The van der Waals surface area contributed by atoms with E-state index in [1.165, 1.54) is 11.0 Å². The molecule has 17 heavy (non-hydrogen) atoms. The normalized spacial score (nSPS) is 15.1. The molecule has 1 aliphatic heterocycles. The Morgan fingerprint density at radius 2 is 2.18 bits per heavy atom. The number of anilines is 1. The summed E-state index contributed by atoms with van der Waals surface area (Å²) in [5.41, 5.74) is 1.30. The molecule has 88 valence electrons. The molecule has 0 saturated heterocycles. The summed E-state index contributed by atoms with van der Waals surface area (Å²) >= 11 is 0. The lowest BCUT2D eigenvalue weighted by Gasteiger charge is -2.21. The van der Waals surface area contributed by atoms with Crippen LogP contribution in [-0.4, -0.2) is 10.8 Å². The van der Waals surface area contributed by atoms with E-state index in [0.717, 1.165) is 6.42 Å². The van der Waals surface area contributed by atoms with Gasteiger partial charge in [0.05, 0.1) is 4.92 Å². The van der Waals surface area contributed by atoms with Crippen LogP contribution in [-0.2, 0) is 4.79 Å². The lowest BCUT2D eigenvalue weighted by Crippen LogP contribution is -2.27. The van der Waals surface area contributed by atoms with E-state index in [-0.39, 0.29) is 11.6 Å². The van der Waals surface area contributed by atoms with Crippen LogP contribution in [0.3, 0.4) is 0 Å². The lowest BCUT2D eigenvalue weighted by atomic mass is 10.1. The fourth-order valence-corrected chi connectivity index (χ4v) is 1.81. The first-order chi connectivity index (χ1) is 8.09. The summed E-state index contributed by atoms with van der Waals surface area (Å²) < 4.78 is 0. The highest BCUT2D eigenvalue weighted by Crippen LogP contribution is 2.26. The number of nitro benzene ring substituents is 1. The van der Waals surface area contributed by atoms with Crippen LogP contribution < -0.4 is 4.90 Å². The molecule has 0 spiro atoms. The largest absolute Gasteiger partial charge is 0.288 e. The van der Waals surface area contributed by atoms with Crippen molar-refractivity contribution < 1.29 is 9.72 Å². The van der Waals surface area contributed by atoms with Crippen LogP contribution in [0.1, 0.15) is 18.4 Å². The van der Waals surface area contributed by atoms with Crippen molar-refractivity contribution in [1.82, 2.24) is 0 Å². The minimum atomic E-state index is -0.424. The molecule has 0 radical (unpaired) electrons. The van der Waals surface area contributed by atoms with E-state index in [1.807, 2.05) is 6.08 Å². The fourth-order valence-electron chi connectivity index (χ4n) is 1.81. The maximum absolute atomic E-state index is 11.7. The Balaban J connectivity index is 2.37. The summed E-state index contributed by atoms with van der Waals surface area (Å²) in [4.78, 5) is 23.5. The Morgan fingerprint density at radius 3 is 2.76 bits per heavy atom. The first-order valence-electron chi connectivity index (χ1n) is 5.33. The van der Waals surface area contributed by atoms with E-state index in [0.29, 0.717) is 17.7 Å². The first-order valence-corrected chi connectivity index (χ1v) is 5.33. The van der Waals surface area contributed by atoms with Gasteiger partial charge in [-0.1, -0.05) is 6.08 Å². The van der Waals surface area contributed by atoms with Gasteiger partial charge in [0.1, 0.15) is 0 Å². The van der Waals surface area contributed by atoms with Gasteiger partial charge >= 0.3 is 0 Å². The molecular weight excluding hydrogens is 220 g/mol. The molecular formula is C12H12N2O3. The molecule has 0 atom stereocenters. The van der Waals surface area contributed by atoms with Gasteiger partial charge in [-0.2, -0.15) is 0 Å². The minimum Gasteiger partial charge on any atom is -0.288 e. The number of hydrogen-bond donors (Lipinski definition) is 0. The van der Waals surface area contributed by atoms with Gasteiger partial charge in [-0.15, -0.1) is 0 Å². The SMILES string of the molecule is Cc1cc(N2C=CCCC2=O)ccc1[N+](=O)[O-]. The molecule has 2 rings (SSSR count). The molecule has 0 aliphatic carbocycles.